The van der Waals surface area contributed by atoms with Crippen LogP contribution in [-0.2, 0) is 4.74 Å². The Morgan fingerprint density at radius 3 is 2.74 bits per heavy atom. The molecule has 0 unspecified atom stereocenters. The van der Waals surface area contributed by atoms with E-state index in [2.05, 4.69) is 27.8 Å². The van der Waals surface area contributed by atoms with E-state index in [4.69, 9.17) is 4.74 Å². The van der Waals surface area contributed by atoms with E-state index < -0.39 is 0 Å². The molecule has 0 spiro atoms. The number of amides is 1. The summed E-state index contributed by atoms with van der Waals surface area (Å²) in [5, 5.41) is 13.7. The molecule has 1 heterocycles. The first-order chi connectivity index (χ1) is 9.27. The molecule has 1 rings (SSSR count). The predicted molar refractivity (Wildman–Crippen MR) is 74.3 cm³/mol. The van der Waals surface area contributed by atoms with Gasteiger partial charge in [-0.2, -0.15) is 0 Å². The zero-order valence-electron chi connectivity index (χ0n) is 11.6. The minimum Gasteiger partial charge on any atom is -0.382 e. The topological polar surface area (TPSA) is 76.1 Å². The molecular weight excluding hydrogens is 244 g/mol. The van der Waals surface area contributed by atoms with Crippen molar-refractivity contribution in [3.8, 4) is 0 Å². The molecule has 0 aromatic carbocycles. The highest BCUT2D eigenvalue weighted by molar-refractivity contribution is 5.92. The molecule has 0 radical (unpaired) electrons. The summed E-state index contributed by atoms with van der Waals surface area (Å²) in [7, 11) is 0. The maximum atomic E-state index is 11.7. The van der Waals surface area contributed by atoms with Crippen molar-refractivity contribution in [2.75, 3.05) is 31.6 Å². The first kappa shape index (κ1) is 15.4. The zero-order chi connectivity index (χ0) is 13.9. The molecule has 1 aromatic heterocycles. The lowest BCUT2D eigenvalue weighted by atomic mass is 10.3. The van der Waals surface area contributed by atoms with Gasteiger partial charge in [0.1, 0.15) is 5.82 Å². The van der Waals surface area contributed by atoms with Crippen molar-refractivity contribution in [1.82, 2.24) is 15.5 Å². The fraction of sp³-hybridized carbons (Fsp3) is 0.615. The second-order valence-corrected chi connectivity index (χ2v) is 4.04. The Hall–Kier alpha value is -1.69. The minimum atomic E-state index is -0.203. The highest BCUT2D eigenvalue weighted by Gasteiger charge is 2.07. The fourth-order valence-electron chi connectivity index (χ4n) is 1.41. The number of ether oxygens (including phenoxy) is 1. The van der Waals surface area contributed by atoms with E-state index in [-0.39, 0.29) is 5.91 Å². The second-order valence-electron chi connectivity index (χ2n) is 4.04. The van der Waals surface area contributed by atoms with Crippen LogP contribution in [0.2, 0.25) is 0 Å². The average molecular weight is 266 g/mol. The molecule has 0 saturated carbocycles. The summed E-state index contributed by atoms with van der Waals surface area (Å²) < 4.78 is 5.19. The van der Waals surface area contributed by atoms with Crippen LogP contribution in [-0.4, -0.2) is 42.4 Å². The van der Waals surface area contributed by atoms with Crippen LogP contribution in [0.1, 0.15) is 37.2 Å². The first-order valence-corrected chi connectivity index (χ1v) is 6.71. The van der Waals surface area contributed by atoms with Crippen LogP contribution < -0.4 is 10.6 Å². The van der Waals surface area contributed by atoms with Crippen LogP contribution in [0.5, 0.6) is 0 Å². The first-order valence-electron chi connectivity index (χ1n) is 6.71. The third-order valence-electron chi connectivity index (χ3n) is 2.41. The lowest BCUT2D eigenvalue weighted by Crippen LogP contribution is -2.26. The Kier molecular flexibility index (Phi) is 7.50. The molecular formula is C13H22N4O2. The van der Waals surface area contributed by atoms with Gasteiger partial charge in [-0.05, 0) is 31.9 Å². The van der Waals surface area contributed by atoms with Crippen molar-refractivity contribution in [2.24, 2.45) is 0 Å². The number of hydrogen-bond donors (Lipinski definition) is 2. The maximum Gasteiger partial charge on any atom is 0.271 e. The molecule has 0 saturated heterocycles. The van der Waals surface area contributed by atoms with Crippen LogP contribution in [0.25, 0.3) is 0 Å². The Bertz CT molecular complexity index is 367. The Morgan fingerprint density at radius 1 is 1.26 bits per heavy atom. The summed E-state index contributed by atoms with van der Waals surface area (Å²) in [4.78, 5) is 11.7. The third kappa shape index (κ3) is 6.15. The summed E-state index contributed by atoms with van der Waals surface area (Å²) in [5.41, 5.74) is 0.332. The number of carbonyl (C=O) groups excluding carboxylic acids is 1. The van der Waals surface area contributed by atoms with Gasteiger partial charge in [0.25, 0.3) is 5.91 Å². The smallest absolute Gasteiger partial charge is 0.271 e. The molecule has 0 bridgehead atoms. The Balaban J connectivity index is 2.32. The van der Waals surface area contributed by atoms with E-state index in [0.29, 0.717) is 31.3 Å². The predicted octanol–water partition coefficient (Wildman–Crippen LogP) is 1.45. The van der Waals surface area contributed by atoms with Gasteiger partial charge >= 0.3 is 0 Å². The van der Waals surface area contributed by atoms with Crippen molar-refractivity contribution in [3.05, 3.63) is 17.8 Å². The number of anilines is 1. The maximum absolute atomic E-state index is 11.7. The molecule has 0 atom stereocenters. The Labute approximate surface area is 113 Å². The molecule has 0 aliphatic heterocycles. The van der Waals surface area contributed by atoms with Gasteiger partial charge in [-0.15, -0.1) is 10.2 Å². The Morgan fingerprint density at radius 2 is 2.11 bits per heavy atom. The zero-order valence-corrected chi connectivity index (χ0v) is 11.6. The van der Waals surface area contributed by atoms with Gasteiger partial charge in [0.05, 0.1) is 0 Å². The molecule has 106 valence electrons. The van der Waals surface area contributed by atoms with Crippen LogP contribution in [0, 0.1) is 0 Å². The van der Waals surface area contributed by atoms with Crippen molar-refractivity contribution < 1.29 is 9.53 Å². The van der Waals surface area contributed by atoms with Crippen molar-refractivity contribution in [3.63, 3.8) is 0 Å². The molecule has 0 aliphatic rings. The highest BCUT2D eigenvalue weighted by atomic mass is 16.5. The largest absolute Gasteiger partial charge is 0.382 e. The van der Waals surface area contributed by atoms with E-state index in [1.54, 1.807) is 12.1 Å². The van der Waals surface area contributed by atoms with Gasteiger partial charge < -0.3 is 15.4 Å². The van der Waals surface area contributed by atoms with Crippen molar-refractivity contribution in [2.45, 2.75) is 26.7 Å². The lowest BCUT2D eigenvalue weighted by molar-refractivity contribution is 0.0938. The van der Waals surface area contributed by atoms with Gasteiger partial charge in [0.15, 0.2) is 5.69 Å². The van der Waals surface area contributed by atoms with Crippen molar-refractivity contribution >= 4 is 11.7 Å². The third-order valence-corrected chi connectivity index (χ3v) is 2.41. The van der Waals surface area contributed by atoms with Gasteiger partial charge in [-0.1, -0.05) is 6.92 Å². The normalized spacial score (nSPS) is 10.2. The fourth-order valence-corrected chi connectivity index (χ4v) is 1.41. The van der Waals surface area contributed by atoms with E-state index in [0.717, 1.165) is 19.4 Å². The highest BCUT2D eigenvalue weighted by Crippen LogP contribution is 2.01. The molecule has 6 heteroatoms. The molecule has 2 N–H and O–H groups in total. The quantitative estimate of drug-likeness (QED) is 0.662. The molecule has 0 fully saturated rings. The number of hydrogen-bond acceptors (Lipinski definition) is 5. The number of rotatable bonds is 9. The monoisotopic (exact) mass is 266 g/mol. The van der Waals surface area contributed by atoms with E-state index in [1.165, 1.54) is 0 Å². The molecule has 0 aliphatic carbocycles. The van der Waals surface area contributed by atoms with Crippen LogP contribution in [0.3, 0.4) is 0 Å². The average Bonchev–Trinajstić information content (AvgIpc) is 2.45. The SMILES string of the molecule is CCCNc1ccc(C(=O)NCCCOCC)nn1. The van der Waals surface area contributed by atoms with Gasteiger partial charge in [0.2, 0.25) is 0 Å². The van der Waals surface area contributed by atoms with Crippen molar-refractivity contribution in [1.29, 1.82) is 0 Å². The van der Waals surface area contributed by atoms with E-state index >= 15 is 0 Å². The van der Waals surface area contributed by atoms with E-state index in [1.807, 2.05) is 6.92 Å². The summed E-state index contributed by atoms with van der Waals surface area (Å²) in [5.74, 6) is 0.487. The van der Waals surface area contributed by atoms with Crippen LogP contribution >= 0.6 is 0 Å². The number of nitrogens with one attached hydrogen (secondary N) is 2. The number of nitrogens with zero attached hydrogens (tertiary/aromatic N) is 2. The summed E-state index contributed by atoms with van der Waals surface area (Å²) in [6.45, 7) is 6.80. The molecule has 1 amide bonds. The summed E-state index contributed by atoms with van der Waals surface area (Å²) in [6.07, 6.45) is 1.81. The second kappa shape index (κ2) is 9.27. The standard InChI is InChI=1S/C13H22N4O2/c1-3-8-14-12-7-6-11(16-17-12)13(18)15-9-5-10-19-4-2/h6-7H,3-5,8-10H2,1-2H3,(H,14,17)(H,15,18). The van der Waals surface area contributed by atoms with Gasteiger partial charge in [-0.25, -0.2) is 0 Å². The molecule has 19 heavy (non-hydrogen) atoms. The van der Waals surface area contributed by atoms with E-state index in [9.17, 15) is 4.79 Å². The van der Waals surface area contributed by atoms with Crippen LogP contribution in [0.15, 0.2) is 12.1 Å². The summed E-state index contributed by atoms with van der Waals surface area (Å²) >= 11 is 0. The minimum absolute atomic E-state index is 0.203. The molecule has 6 nitrogen and oxygen atoms in total. The van der Waals surface area contributed by atoms with Crippen LogP contribution in [0.4, 0.5) is 5.82 Å². The molecule has 1 aromatic rings. The summed E-state index contributed by atoms with van der Waals surface area (Å²) in [6, 6.07) is 3.43. The lowest BCUT2D eigenvalue weighted by Gasteiger charge is -2.05. The number of aromatic nitrogens is 2. The number of carbonyl (C=O) groups is 1. The van der Waals surface area contributed by atoms with Gasteiger partial charge in [0, 0.05) is 26.3 Å². The van der Waals surface area contributed by atoms with Gasteiger partial charge in [-0.3, -0.25) is 4.79 Å².